The first-order valence-corrected chi connectivity index (χ1v) is 7.68. The molecule has 0 saturated heterocycles. The van der Waals surface area contributed by atoms with Gasteiger partial charge in [0.15, 0.2) is 0 Å². The molecule has 21 heavy (non-hydrogen) atoms. The van der Waals surface area contributed by atoms with Crippen LogP contribution in [0.1, 0.15) is 10.4 Å². The maximum atomic E-state index is 12.2. The molecule has 0 radical (unpaired) electrons. The maximum absolute atomic E-state index is 12.2. The van der Waals surface area contributed by atoms with Crippen molar-refractivity contribution in [2.45, 2.75) is 13.0 Å². The number of nitrogens with two attached hydrogens (primary N) is 1. The van der Waals surface area contributed by atoms with E-state index in [4.69, 9.17) is 5.73 Å². The van der Waals surface area contributed by atoms with Crippen LogP contribution in [0.2, 0.25) is 0 Å². The van der Waals surface area contributed by atoms with Crippen LogP contribution in [0.5, 0.6) is 0 Å². The van der Waals surface area contributed by atoms with Gasteiger partial charge in [-0.25, -0.2) is 4.98 Å². The van der Waals surface area contributed by atoms with Crippen molar-refractivity contribution in [1.29, 1.82) is 0 Å². The molecule has 0 saturated carbocycles. The topological polar surface area (TPSA) is 75.0 Å². The summed E-state index contributed by atoms with van der Waals surface area (Å²) in [7, 11) is 0. The SMILES string of the molecule is Nc1ccc2nc(N3CCc4sccc4C3)[nH]c(=O)c2c1. The number of hydrogen-bond acceptors (Lipinski definition) is 5. The second-order valence-electron chi connectivity index (χ2n) is 5.21. The maximum Gasteiger partial charge on any atom is 0.260 e. The monoisotopic (exact) mass is 298 g/mol. The van der Waals surface area contributed by atoms with Crippen molar-refractivity contribution in [2.75, 3.05) is 17.2 Å². The molecule has 1 aliphatic heterocycles. The first kappa shape index (κ1) is 12.4. The van der Waals surface area contributed by atoms with Crippen LogP contribution in [0.4, 0.5) is 11.6 Å². The minimum atomic E-state index is -0.140. The molecule has 1 aromatic carbocycles. The van der Waals surface area contributed by atoms with Crippen molar-refractivity contribution in [3.63, 3.8) is 0 Å². The van der Waals surface area contributed by atoms with Crippen LogP contribution in [0, 0.1) is 0 Å². The Labute approximate surface area is 125 Å². The van der Waals surface area contributed by atoms with E-state index in [0.29, 0.717) is 22.5 Å². The molecule has 0 bridgehead atoms. The molecule has 3 aromatic rings. The number of rotatable bonds is 1. The fourth-order valence-electron chi connectivity index (χ4n) is 2.72. The molecular weight excluding hydrogens is 284 g/mol. The Balaban J connectivity index is 1.78. The van der Waals surface area contributed by atoms with E-state index in [1.807, 2.05) is 0 Å². The van der Waals surface area contributed by atoms with Gasteiger partial charge in [0.1, 0.15) is 0 Å². The van der Waals surface area contributed by atoms with Crippen LogP contribution >= 0.6 is 11.3 Å². The van der Waals surface area contributed by atoms with Crippen molar-refractivity contribution >= 4 is 33.9 Å². The number of hydrogen-bond donors (Lipinski definition) is 2. The number of H-pyrrole nitrogens is 1. The van der Waals surface area contributed by atoms with Gasteiger partial charge >= 0.3 is 0 Å². The van der Waals surface area contributed by atoms with E-state index in [1.165, 1.54) is 10.4 Å². The Morgan fingerprint density at radius 3 is 3.14 bits per heavy atom. The third-order valence-corrected chi connectivity index (χ3v) is 4.85. The average Bonchev–Trinajstić information content (AvgIpc) is 2.95. The van der Waals surface area contributed by atoms with Crippen LogP contribution in [-0.2, 0) is 13.0 Å². The standard InChI is InChI=1S/C15H14N4OS/c16-10-1-2-12-11(7-10)14(20)18-15(17-12)19-5-3-13-9(8-19)4-6-21-13/h1-2,4,6-7H,3,5,8,16H2,(H,17,18,20). The first-order chi connectivity index (χ1) is 10.2. The largest absolute Gasteiger partial charge is 0.399 e. The molecule has 0 amide bonds. The lowest BCUT2D eigenvalue weighted by Gasteiger charge is -2.27. The smallest absolute Gasteiger partial charge is 0.260 e. The van der Waals surface area contributed by atoms with Gasteiger partial charge in [0.05, 0.1) is 10.9 Å². The summed E-state index contributed by atoms with van der Waals surface area (Å²) in [5.74, 6) is 0.633. The minimum Gasteiger partial charge on any atom is -0.399 e. The molecule has 6 heteroatoms. The third-order valence-electron chi connectivity index (χ3n) is 3.82. The summed E-state index contributed by atoms with van der Waals surface area (Å²) in [6, 6.07) is 7.37. The van der Waals surface area contributed by atoms with E-state index in [0.717, 1.165) is 19.5 Å². The van der Waals surface area contributed by atoms with E-state index in [1.54, 1.807) is 29.5 Å². The number of nitrogens with zero attached hydrogens (tertiary/aromatic N) is 2. The van der Waals surface area contributed by atoms with E-state index in [-0.39, 0.29) is 5.56 Å². The van der Waals surface area contributed by atoms with Gasteiger partial charge in [-0.15, -0.1) is 11.3 Å². The van der Waals surface area contributed by atoms with Gasteiger partial charge in [-0.3, -0.25) is 9.78 Å². The number of aromatic amines is 1. The summed E-state index contributed by atoms with van der Waals surface area (Å²) in [6.07, 6.45) is 0.997. The first-order valence-electron chi connectivity index (χ1n) is 6.80. The van der Waals surface area contributed by atoms with Crippen molar-refractivity contribution < 1.29 is 0 Å². The van der Waals surface area contributed by atoms with Crippen molar-refractivity contribution in [1.82, 2.24) is 9.97 Å². The number of anilines is 2. The lowest BCUT2D eigenvalue weighted by molar-refractivity contribution is 0.718. The van der Waals surface area contributed by atoms with Crippen LogP contribution < -0.4 is 16.2 Å². The third kappa shape index (κ3) is 2.08. The van der Waals surface area contributed by atoms with Gasteiger partial charge in [-0.2, -0.15) is 0 Å². The Bertz CT molecular complexity index is 883. The van der Waals surface area contributed by atoms with E-state index in [9.17, 15) is 4.79 Å². The summed E-state index contributed by atoms with van der Waals surface area (Å²) in [4.78, 5) is 23.2. The number of benzene rings is 1. The van der Waals surface area contributed by atoms with Crippen LogP contribution in [0.25, 0.3) is 10.9 Å². The molecule has 0 fully saturated rings. The number of aromatic nitrogens is 2. The molecule has 1 aliphatic rings. The Morgan fingerprint density at radius 1 is 1.33 bits per heavy atom. The average molecular weight is 298 g/mol. The molecule has 4 rings (SSSR count). The highest BCUT2D eigenvalue weighted by Crippen LogP contribution is 2.26. The highest BCUT2D eigenvalue weighted by molar-refractivity contribution is 7.10. The molecule has 3 heterocycles. The van der Waals surface area contributed by atoms with Gasteiger partial charge in [0.2, 0.25) is 5.95 Å². The second-order valence-corrected chi connectivity index (χ2v) is 6.21. The zero-order valence-electron chi connectivity index (χ0n) is 11.3. The molecule has 2 aromatic heterocycles. The van der Waals surface area contributed by atoms with Crippen molar-refractivity contribution in [3.05, 3.63) is 50.4 Å². The molecule has 3 N–H and O–H groups in total. The normalized spacial score (nSPS) is 14.4. The second kappa shape index (κ2) is 4.60. The Kier molecular flexibility index (Phi) is 2.71. The van der Waals surface area contributed by atoms with Gasteiger partial charge in [-0.05, 0) is 41.6 Å². The van der Waals surface area contributed by atoms with Crippen molar-refractivity contribution in [3.8, 4) is 0 Å². The Morgan fingerprint density at radius 2 is 2.24 bits per heavy atom. The number of nitrogen functional groups attached to an aromatic ring is 1. The summed E-state index contributed by atoms with van der Waals surface area (Å²) >= 11 is 1.80. The van der Waals surface area contributed by atoms with Crippen LogP contribution in [0.15, 0.2) is 34.4 Å². The zero-order valence-corrected chi connectivity index (χ0v) is 12.1. The molecule has 0 aliphatic carbocycles. The lowest BCUT2D eigenvalue weighted by atomic mass is 10.1. The highest BCUT2D eigenvalue weighted by Gasteiger charge is 2.19. The number of fused-ring (bicyclic) bond motifs is 2. The van der Waals surface area contributed by atoms with Crippen molar-refractivity contribution in [2.24, 2.45) is 0 Å². The fraction of sp³-hybridized carbons (Fsp3) is 0.200. The molecule has 106 valence electrons. The van der Waals surface area contributed by atoms with E-state index < -0.39 is 0 Å². The lowest BCUT2D eigenvalue weighted by Crippen LogP contribution is -2.32. The minimum absolute atomic E-state index is 0.140. The zero-order chi connectivity index (χ0) is 14.4. The highest BCUT2D eigenvalue weighted by atomic mass is 32.1. The Hall–Kier alpha value is -2.34. The summed E-state index contributed by atoms with van der Waals surface area (Å²) in [5.41, 5.74) is 8.16. The molecule has 5 nitrogen and oxygen atoms in total. The van der Waals surface area contributed by atoms with E-state index in [2.05, 4.69) is 26.3 Å². The number of thiophene rings is 1. The molecule has 0 atom stereocenters. The van der Waals surface area contributed by atoms with Crippen LogP contribution in [0.3, 0.4) is 0 Å². The summed E-state index contributed by atoms with van der Waals surface area (Å²) < 4.78 is 0. The van der Waals surface area contributed by atoms with Gasteiger partial charge < -0.3 is 10.6 Å². The quantitative estimate of drug-likeness (QED) is 0.675. The van der Waals surface area contributed by atoms with Gasteiger partial charge in [-0.1, -0.05) is 0 Å². The predicted octanol–water partition coefficient (Wildman–Crippen LogP) is 2.13. The van der Waals surface area contributed by atoms with Gasteiger partial charge in [0.25, 0.3) is 5.56 Å². The predicted molar refractivity (Wildman–Crippen MR) is 85.8 cm³/mol. The molecular formula is C15H14N4OS. The molecule has 0 unspecified atom stereocenters. The summed E-state index contributed by atoms with van der Waals surface area (Å²) in [6.45, 7) is 1.67. The fourth-order valence-corrected chi connectivity index (χ4v) is 3.61. The van der Waals surface area contributed by atoms with Crippen LogP contribution in [-0.4, -0.2) is 16.5 Å². The summed E-state index contributed by atoms with van der Waals surface area (Å²) in [5, 5.41) is 2.65. The number of nitrogens with one attached hydrogen (secondary N) is 1. The van der Waals surface area contributed by atoms with E-state index >= 15 is 0 Å². The van der Waals surface area contributed by atoms with Gasteiger partial charge in [0, 0.05) is 23.7 Å². The molecule has 0 spiro atoms.